The Balaban J connectivity index is 1.81. The second-order valence-electron chi connectivity index (χ2n) is 4.80. The molecule has 2 aromatic rings. The van der Waals surface area contributed by atoms with E-state index < -0.39 is 0 Å². The maximum absolute atomic E-state index is 5.36. The highest BCUT2D eigenvalue weighted by Crippen LogP contribution is 2.08. The first kappa shape index (κ1) is 14.6. The number of imidazole rings is 2. The van der Waals surface area contributed by atoms with Crippen molar-refractivity contribution in [2.45, 2.75) is 39.4 Å². The minimum Gasteiger partial charge on any atom is -0.382 e. The van der Waals surface area contributed by atoms with E-state index in [2.05, 4.69) is 31.3 Å². The lowest BCUT2D eigenvalue weighted by Gasteiger charge is -2.16. The molecule has 1 N–H and O–H groups in total. The summed E-state index contributed by atoms with van der Waals surface area (Å²) in [5.74, 6) is 0.911. The second-order valence-corrected chi connectivity index (χ2v) is 4.80. The monoisotopic (exact) mass is 277 g/mol. The minimum absolute atomic E-state index is 0.289. The van der Waals surface area contributed by atoms with Crippen LogP contribution >= 0.6 is 0 Å². The highest BCUT2D eigenvalue weighted by molar-refractivity contribution is 5.27. The zero-order valence-electron chi connectivity index (χ0n) is 12.2. The van der Waals surface area contributed by atoms with Gasteiger partial charge in [-0.15, -0.1) is 0 Å². The Bertz CT molecular complexity index is 479. The molecule has 2 heterocycles. The van der Waals surface area contributed by atoms with Crippen LogP contribution in [0.2, 0.25) is 0 Å². The fourth-order valence-electron chi connectivity index (χ4n) is 2.09. The smallest absolute Gasteiger partial charge is 0.203 e. The predicted octanol–water partition coefficient (Wildman–Crippen LogP) is 2.01. The molecule has 1 atom stereocenters. The van der Waals surface area contributed by atoms with E-state index in [1.165, 1.54) is 0 Å². The first-order valence-corrected chi connectivity index (χ1v) is 7.10. The van der Waals surface area contributed by atoms with Gasteiger partial charge in [-0.1, -0.05) is 0 Å². The molecule has 0 spiro atoms. The maximum atomic E-state index is 5.36. The number of nitrogens with one attached hydrogen (secondary N) is 1. The van der Waals surface area contributed by atoms with Crippen LogP contribution in [0.15, 0.2) is 31.1 Å². The summed E-state index contributed by atoms with van der Waals surface area (Å²) in [4.78, 5) is 8.42. The summed E-state index contributed by atoms with van der Waals surface area (Å²) in [7, 11) is 0. The molecule has 0 radical (unpaired) electrons. The van der Waals surface area contributed by atoms with Crippen molar-refractivity contribution in [1.29, 1.82) is 0 Å². The number of hydrogen-bond acceptors (Lipinski definition) is 4. The Kier molecular flexibility index (Phi) is 5.61. The van der Waals surface area contributed by atoms with Gasteiger partial charge in [0.25, 0.3) is 0 Å². The van der Waals surface area contributed by atoms with Gasteiger partial charge in [0.15, 0.2) is 0 Å². The van der Waals surface area contributed by atoms with Crippen LogP contribution in [-0.2, 0) is 17.8 Å². The molecule has 6 nitrogen and oxygen atoms in total. The highest BCUT2D eigenvalue weighted by Gasteiger charge is 2.07. The van der Waals surface area contributed by atoms with Gasteiger partial charge in [0.05, 0.1) is 6.33 Å². The van der Waals surface area contributed by atoms with Gasteiger partial charge in [-0.3, -0.25) is 0 Å². The number of rotatable bonds is 9. The standard InChI is InChI=1S/C14H23N5O/c1-3-20-10-4-7-19-9-6-16-14(19)17-13(2)11-18-8-5-15-12-18/h5-6,8-9,12-13H,3-4,7,10-11H2,1-2H3,(H,16,17). The highest BCUT2D eigenvalue weighted by atomic mass is 16.5. The van der Waals surface area contributed by atoms with Crippen LogP contribution < -0.4 is 5.32 Å². The predicted molar refractivity (Wildman–Crippen MR) is 78.6 cm³/mol. The van der Waals surface area contributed by atoms with Gasteiger partial charge in [-0.05, 0) is 20.3 Å². The summed E-state index contributed by atoms with van der Waals surface area (Å²) in [6, 6.07) is 0.289. The van der Waals surface area contributed by atoms with Gasteiger partial charge in [0.1, 0.15) is 0 Å². The van der Waals surface area contributed by atoms with E-state index in [0.29, 0.717) is 0 Å². The van der Waals surface area contributed by atoms with E-state index in [0.717, 1.165) is 38.7 Å². The Morgan fingerprint density at radius 1 is 1.35 bits per heavy atom. The summed E-state index contributed by atoms with van der Waals surface area (Å²) in [6.45, 7) is 7.50. The molecule has 2 aromatic heterocycles. The lowest BCUT2D eigenvalue weighted by molar-refractivity contribution is 0.142. The molecule has 0 bridgehead atoms. The molecule has 0 aliphatic carbocycles. The number of nitrogens with zero attached hydrogens (tertiary/aromatic N) is 4. The summed E-state index contributed by atoms with van der Waals surface area (Å²) in [5.41, 5.74) is 0. The van der Waals surface area contributed by atoms with Crippen LogP contribution in [0.3, 0.4) is 0 Å². The Labute approximate surface area is 119 Å². The Hall–Kier alpha value is -1.82. The van der Waals surface area contributed by atoms with Crippen LogP contribution in [0.1, 0.15) is 20.3 Å². The van der Waals surface area contributed by atoms with Crippen molar-refractivity contribution in [3.05, 3.63) is 31.1 Å². The fourth-order valence-corrected chi connectivity index (χ4v) is 2.09. The number of aromatic nitrogens is 4. The zero-order chi connectivity index (χ0) is 14.2. The van der Waals surface area contributed by atoms with E-state index in [1.54, 1.807) is 6.20 Å². The van der Waals surface area contributed by atoms with Crippen molar-refractivity contribution in [2.75, 3.05) is 18.5 Å². The first-order valence-electron chi connectivity index (χ1n) is 7.10. The number of anilines is 1. The second kappa shape index (κ2) is 7.69. The van der Waals surface area contributed by atoms with E-state index in [-0.39, 0.29) is 6.04 Å². The lowest BCUT2D eigenvalue weighted by atomic mass is 10.3. The molecule has 0 aliphatic heterocycles. The van der Waals surface area contributed by atoms with Gasteiger partial charge >= 0.3 is 0 Å². The van der Waals surface area contributed by atoms with Crippen LogP contribution in [0.25, 0.3) is 0 Å². The molecular formula is C14H23N5O. The molecule has 2 rings (SSSR count). The zero-order valence-corrected chi connectivity index (χ0v) is 12.2. The molecule has 0 aliphatic rings. The first-order chi connectivity index (χ1) is 9.79. The normalized spacial score (nSPS) is 12.5. The average Bonchev–Trinajstić information content (AvgIpc) is 3.07. The molecule has 0 aromatic carbocycles. The van der Waals surface area contributed by atoms with E-state index in [4.69, 9.17) is 4.74 Å². The fraction of sp³-hybridized carbons (Fsp3) is 0.571. The summed E-state index contributed by atoms with van der Waals surface area (Å²) < 4.78 is 9.54. The van der Waals surface area contributed by atoms with Crippen LogP contribution in [0.5, 0.6) is 0 Å². The molecule has 0 amide bonds. The molecule has 110 valence electrons. The molecule has 0 fully saturated rings. The van der Waals surface area contributed by atoms with E-state index in [1.807, 2.05) is 31.8 Å². The third-order valence-corrected chi connectivity index (χ3v) is 3.03. The minimum atomic E-state index is 0.289. The number of ether oxygens (including phenoxy) is 1. The van der Waals surface area contributed by atoms with Crippen LogP contribution in [-0.4, -0.2) is 38.4 Å². The molecule has 0 saturated heterocycles. The molecule has 0 saturated carbocycles. The summed E-state index contributed by atoms with van der Waals surface area (Å²) >= 11 is 0. The van der Waals surface area contributed by atoms with Crippen LogP contribution in [0.4, 0.5) is 5.95 Å². The quantitative estimate of drug-likeness (QED) is 0.712. The van der Waals surface area contributed by atoms with Crippen molar-refractivity contribution in [3.63, 3.8) is 0 Å². The lowest BCUT2D eigenvalue weighted by Crippen LogP contribution is -2.23. The largest absolute Gasteiger partial charge is 0.382 e. The van der Waals surface area contributed by atoms with E-state index in [9.17, 15) is 0 Å². The van der Waals surface area contributed by atoms with Gasteiger partial charge < -0.3 is 19.2 Å². The summed E-state index contributed by atoms with van der Waals surface area (Å²) in [5, 5.41) is 3.43. The van der Waals surface area contributed by atoms with Gasteiger partial charge in [0, 0.05) is 57.1 Å². The van der Waals surface area contributed by atoms with E-state index >= 15 is 0 Å². The average molecular weight is 277 g/mol. The van der Waals surface area contributed by atoms with Crippen molar-refractivity contribution in [1.82, 2.24) is 19.1 Å². The third kappa shape index (κ3) is 4.38. The van der Waals surface area contributed by atoms with Gasteiger partial charge in [-0.25, -0.2) is 9.97 Å². The molecule has 20 heavy (non-hydrogen) atoms. The Morgan fingerprint density at radius 2 is 2.25 bits per heavy atom. The van der Waals surface area contributed by atoms with Gasteiger partial charge in [0.2, 0.25) is 5.95 Å². The molecule has 6 heteroatoms. The summed E-state index contributed by atoms with van der Waals surface area (Å²) in [6.07, 6.45) is 10.4. The van der Waals surface area contributed by atoms with Crippen molar-refractivity contribution in [3.8, 4) is 0 Å². The molecular weight excluding hydrogens is 254 g/mol. The number of aryl methyl sites for hydroxylation is 1. The molecule has 1 unspecified atom stereocenters. The van der Waals surface area contributed by atoms with Crippen molar-refractivity contribution in [2.24, 2.45) is 0 Å². The van der Waals surface area contributed by atoms with Crippen molar-refractivity contribution < 1.29 is 4.74 Å². The number of hydrogen-bond donors (Lipinski definition) is 1. The van der Waals surface area contributed by atoms with Gasteiger partial charge in [-0.2, -0.15) is 0 Å². The SMILES string of the molecule is CCOCCCn1ccnc1NC(C)Cn1ccnc1. The maximum Gasteiger partial charge on any atom is 0.203 e. The third-order valence-electron chi connectivity index (χ3n) is 3.03. The Morgan fingerprint density at radius 3 is 3.00 bits per heavy atom. The topological polar surface area (TPSA) is 56.9 Å². The van der Waals surface area contributed by atoms with Crippen LogP contribution in [0, 0.1) is 0 Å². The van der Waals surface area contributed by atoms with Crippen molar-refractivity contribution >= 4 is 5.95 Å².